The van der Waals surface area contributed by atoms with Crippen LogP contribution in [0.4, 0.5) is 11.4 Å². The lowest BCUT2D eigenvalue weighted by atomic mass is 10.2. The molecule has 0 bridgehead atoms. The van der Waals surface area contributed by atoms with Crippen molar-refractivity contribution in [1.82, 2.24) is 4.90 Å². The van der Waals surface area contributed by atoms with E-state index in [1.807, 2.05) is 32.0 Å². The average molecular weight is 385 g/mol. The van der Waals surface area contributed by atoms with Gasteiger partial charge in [-0.05, 0) is 43.3 Å². The molecule has 0 fully saturated rings. The molecule has 2 amide bonds. The number of likely N-dealkylation sites (N-methyl/N-ethyl adjacent to an activating group) is 1. The third kappa shape index (κ3) is 6.28. The van der Waals surface area contributed by atoms with E-state index in [2.05, 4.69) is 10.6 Å². The van der Waals surface area contributed by atoms with Gasteiger partial charge in [0.25, 0.3) is 0 Å². The predicted molar refractivity (Wildman–Crippen MR) is 110 cm³/mol. The first-order chi connectivity index (χ1) is 13.4. The molecule has 28 heavy (non-hydrogen) atoms. The molecule has 0 aliphatic rings. The standard InChI is InChI=1S/C21H27N3O4/c1-5-24(13-20(25)22-16-7-6-8-17(12-16)27-3)14-21(26)23-18-11-15(2)9-10-19(18)28-4/h6-12H,5,13-14H2,1-4H3,(H,22,25)(H,23,26). The number of nitrogens with zero attached hydrogens (tertiary/aromatic N) is 1. The zero-order chi connectivity index (χ0) is 20.5. The van der Waals surface area contributed by atoms with Gasteiger partial charge in [0.1, 0.15) is 11.5 Å². The van der Waals surface area contributed by atoms with Gasteiger partial charge in [-0.1, -0.05) is 19.1 Å². The van der Waals surface area contributed by atoms with Crippen molar-refractivity contribution in [2.75, 3.05) is 44.5 Å². The Morgan fingerprint density at radius 3 is 2.32 bits per heavy atom. The molecule has 0 aliphatic carbocycles. The number of carbonyl (C=O) groups excluding carboxylic acids is 2. The fourth-order valence-corrected chi connectivity index (χ4v) is 2.70. The lowest BCUT2D eigenvalue weighted by molar-refractivity contribution is -0.119. The van der Waals surface area contributed by atoms with Crippen molar-refractivity contribution in [3.63, 3.8) is 0 Å². The molecule has 150 valence electrons. The Morgan fingerprint density at radius 2 is 1.68 bits per heavy atom. The predicted octanol–water partition coefficient (Wildman–Crippen LogP) is 2.91. The van der Waals surface area contributed by atoms with E-state index >= 15 is 0 Å². The first-order valence-corrected chi connectivity index (χ1v) is 9.06. The summed E-state index contributed by atoms with van der Waals surface area (Å²) in [6, 6.07) is 12.7. The molecule has 0 aliphatic heterocycles. The number of rotatable bonds is 9. The molecule has 7 nitrogen and oxygen atoms in total. The summed E-state index contributed by atoms with van der Waals surface area (Å²) in [7, 11) is 3.13. The molecular weight excluding hydrogens is 358 g/mol. The van der Waals surface area contributed by atoms with Crippen molar-refractivity contribution >= 4 is 23.2 Å². The molecule has 2 rings (SSSR count). The van der Waals surface area contributed by atoms with Gasteiger partial charge in [-0.3, -0.25) is 14.5 Å². The van der Waals surface area contributed by atoms with Crippen LogP contribution in [0.1, 0.15) is 12.5 Å². The van der Waals surface area contributed by atoms with Gasteiger partial charge in [0.2, 0.25) is 11.8 Å². The number of aryl methyl sites for hydroxylation is 1. The lowest BCUT2D eigenvalue weighted by Crippen LogP contribution is -2.38. The van der Waals surface area contributed by atoms with Crippen LogP contribution in [0.25, 0.3) is 0 Å². The summed E-state index contributed by atoms with van der Waals surface area (Å²) in [6.07, 6.45) is 0. The molecule has 0 radical (unpaired) electrons. The highest BCUT2D eigenvalue weighted by atomic mass is 16.5. The summed E-state index contributed by atoms with van der Waals surface area (Å²) < 4.78 is 10.4. The quantitative estimate of drug-likeness (QED) is 0.694. The first kappa shape index (κ1) is 21.2. The van der Waals surface area contributed by atoms with Crippen molar-refractivity contribution in [2.45, 2.75) is 13.8 Å². The van der Waals surface area contributed by atoms with E-state index in [9.17, 15) is 9.59 Å². The van der Waals surface area contributed by atoms with Crippen LogP contribution in [-0.2, 0) is 9.59 Å². The summed E-state index contributed by atoms with van der Waals surface area (Å²) in [4.78, 5) is 26.5. The topological polar surface area (TPSA) is 79.9 Å². The molecule has 0 saturated heterocycles. The minimum atomic E-state index is -0.208. The first-order valence-electron chi connectivity index (χ1n) is 9.06. The van der Waals surface area contributed by atoms with Gasteiger partial charge in [-0.25, -0.2) is 0 Å². The number of amides is 2. The fraction of sp³-hybridized carbons (Fsp3) is 0.333. The normalized spacial score (nSPS) is 10.5. The van der Waals surface area contributed by atoms with E-state index in [1.54, 1.807) is 43.4 Å². The molecule has 0 heterocycles. The molecule has 2 N–H and O–H groups in total. The van der Waals surface area contributed by atoms with Crippen molar-refractivity contribution in [3.8, 4) is 11.5 Å². The molecule has 0 aromatic heterocycles. The number of methoxy groups -OCH3 is 2. The molecule has 2 aromatic carbocycles. The van der Waals surface area contributed by atoms with Crippen LogP contribution in [0.2, 0.25) is 0 Å². The van der Waals surface area contributed by atoms with Crippen LogP contribution in [0, 0.1) is 6.92 Å². The van der Waals surface area contributed by atoms with Gasteiger partial charge < -0.3 is 20.1 Å². The highest BCUT2D eigenvalue weighted by Crippen LogP contribution is 2.25. The second-order valence-electron chi connectivity index (χ2n) is 6.34. The number of ether oxygens (including phenoxy) is 2. The van der Waals surface area contributed by atoms with Gasteiger partial charge in [0, 0.05) is 11.8 Å². The summed E-state index contributed by atoms with van der Waals surface area (Å²) in [6.45, 7) is 4.60. The van der Waals surface area contributed by atoms with E-state index in [4.69, 9.17) is 9.47 Å². The van der Waals surface area contributed by atoms with Gasteiger partial charge in [-0.15, -0.1) is 0 Å². The largest absolute Gasteiger partial charge is 0.497 e. The molecule has 0 saturated carbocycles. The number of benzene rings is 2. The number of anilines is 2. The molecular formula is C21H27N3O4. The van der Waals surface area contributed by atoms with E-state index in [0.717, 1.165) is 5.56 Å². The number of nitrogens with one attached hydrogen (secondary N) is 2. The molecule has 7 heteroatoms. The maximum absolute atomic E-state index is 12.4. The number of hydrogen-bond donors (Lipinski definition) is 2. The van der Waals surface area contributed by atoms with Crippen molar-refractivity contribution < 1.29 is 19.1 Å². The fourth-order valence-electron chi connectivity index (χ4n) is 2.70. The summed E-state index contributed by atoms with van der Waals surface area (Å²) in [5.41, 5.74) is 2.28. The molecule has 0 spiro atoms. The molecule has 0 unspecified atom stereocenters. The molecule has 0 atom stereocenters. The monoisotopic (exact) mass is 385 g/mol. The Morgan fingerprint density at radius 1 is 0.964 bits per heavy atom. The Balaban J connectivity index is 1.93. The van der Waals surface area contributed by atoms with E-state index in [0.29, 0.717) is 29.4 Å². The lowest BCUT2D eigenvalue weighted by Gasteiger charge is -2.20. The zero-order valence-corrected chi connectivity index (χ0v) is 16.7. The van der Waals surface area contributed by atoms with Gasteiger partial charge in [0.15, 0.2) is 0 Å². The maximum Gasteiger partial charge on any atom is 0.238 e. The second kappa shape index (κ2) is 10.3. The summed E-state index contributed by atoms with van der Waals surface area (Å²) in [5, 5.41) is 5.67. The van der Waals surface area contributed by atoms with Crippen LogP contribution in [-0.4, -0.2) is 50.6 Å². The SMILES string of the molecule is CCN(CC(=O)Nc1cccc(OC)c1)CC(=O)Nc1cc(C)ccc1OC. The van der Waals surface area contributed by atoms with Gasteiger partial charge >= 0.3 is 0 Å². The summed E-state index contributed by atoms with van der Waals surface area (Å²) in [5.74, 6) is 0.852. The van der Waals surface area contributed by atoms with Crippen LogP contribution in [0.15, 0.2) is 42.5 Å². The highest BCUT2D eigenvalue weighted by Gasteiger charge is 2.15. The number of carbonyl (C=O) groups is 2. The van der Waals surface area contributed by atoms with E-state index in [1.165, 1.54) is 0 Å². The maximum atomic E-state index is 12.4. The smallest absolute Gasteiger partial charge is 0.238 e. The van der Waals surface area contributed by atoms with Crippen LogP contribution in [0.5, 0.6) is 11.5 Å². The Labute approximate surface area is 165 Å². The van der Waals surface area contributed by atoms with E-state index in [-0.39, 0.29) is 24.9 Å². The Bertz CT molecular complexity index is 823. The van der Waals surface area contributed by atoms with Crippen molar-refractivity contribution in [3.05, 3.63) is 48.0 Å². The minimum Gasteiger partial charge on any atom is -0.497 e. The highest BCUT2D eigenvalue weighted by molar-refractivity contribution is 5.95. The average Bonchev–Trinajstić information content (AvgIpc) is 2.67. The van der Waals surface area contributed by atoms with E-state index < -0.39 is 0 Å². The van der Waals surface area contributed by atoms with Gasteiger partial charge in [0.05, 0.1) is 33.0 Å². The van der Waals surface area contributed by atoms with Crippen LogP contribution >= 0.6 is 0 Å². The Hall–Kier alpha value is -3.06. The van der Waals surface area contributed by atoms with Crippen LogP contribution in [0.3, 0.4) is 0 Å². The third-order valence-corrected chi connectivity index (χ3v) is 4.16. The second-order valence-corrected chi connectivity index (χ2v) is 6.34. The Kier molecular flexibility index (Phi) is 7.83. The van der Waals surface area contributed by atoms with Crippen LogP contribution < -0.4 is 20.1 Å². The van der Waals surface area contributed by atoms with Crippen molar-refractivity contribution in [1.29, 1.82) is 0 Å². The molecule has 2 aromatic rings. The number of hydrogen-bond acceptors (Lipinski definition) is 5. The minimum absolute atomic E-state index is 0.0964. The third-order valence-electron chi connectivity index (χ3n) is 4.16. The van der Waals surface area contributed by atoms with Crippen molar-refractivity contribution in [2.24, 2.45) is 0 Å². The van der Waals surface area contributed by atoms with Gasteiger partial charge in [-0.2, -0.15) is 0 Å². The zero-order valence-electron chi connectivity index (χ0n) is 16.7. The summed E-state index contributed by atoms with van der Waals surface area (Å²) >= 11 is 0.